The van der Waals surface area contributed by atoms with Gasteiger partial charge in [0.1, 0.15) is 18.1 Å². The number of ether oxygens (including phenoxy) is 1. The van der Waals surface area contributed by atoms with Gasteiger partial charge in [-0.3, -0.25) is 5.41 Å². The molecule has 0 aliphatic carbocycles. The van der Waals surface area contributed by atoms with Gasteiger partial charge >= 0.3 is 5.97 Å². The average Bonchev–Trinajstić information content (AvgIpc) is 3.13. The standard InChI is InChI=1S/C16H13ClN2O3/c1-9(14-3-2-6-21-14)19-13-5-4-10(17)7-11(13)12-8-22-16(20)15(12)18/h2-7,12,18H,8H2,1H3. The summed E-state index contributed by atoms with van der Waals surface area (Å²) in [5.74, 6) is -0.383. The van der Waals surface area contributed by atoms with Crippen molar-refractivity contribution in [3.05, 3.63) is 52.9 Å². The number of halogens is 1. The first-order valence-corrected chi connectivity index (χ1v) is 7.08. The van der Waals surface area contributed by atoms with Crippen LogP contribution in [0.15, 0.2) is 46.0 Å². The highest BCUT2D eigenvalue weighted by Gasteiger charge is 2.33. The van der Waals surface area contributed by atoms with Crippen LogP contribution in [0.5, 0.6) is 0 Å². The van der Waals surface area contributed by atoms with Gasteiger partial charge in [-0.1, -0.05) is 11.6 Å². The molecule has 5 nitrogen and oxygen atoms in total. The number of furan rings is 1. The molecule has 1 aliphatic heterocycles. The first-order valence-electron chi connectivity index (χ1n) is 6.70. The Kier molecular flexibility index (Phi) is 3.81. The lowest BCUT2D eigenvalue weighted by Crippen LogP contribution is -2.12. The van der Waals surface area contributed by atoms with Gasteiger partial charge in [0, 0.05) is 5.02 Å². The van der Waals surface area contributed by atoms with E-state index in [2.05, 4.69) is 4.99 Å². The van der Waals surface area contributed by atoms with Crippen LogP contribution < -0.4 is 0 Å². The molecule has 2 heterocycles. The Bertz CT molecular complexity index is 766. The molecule has 0 saturated carbocycles. The van der Waals surface area contributed by atoms with E-state index in [9.17, 15) is 4.79 Å². The summed E-state index contributed by atoms with van der Waals surface area (Å²) in [4.78, 5) is 16.0. The number of hydrogen-bond acceptors (Lipinski definition) is 5. The summed E-state index contributed by atoms with van der Waals surface area (Å²) in [6, 6.07) is 8.81. The predicted octanol–water partition coefficient (Wildman–Crippen LogP) is 3.73. The van der Waals surface area contributed by atoms with Crippen molar-refractivity contribution in [3.63, 3.8) is 0 Å². The number of esters is 1. The quantitative estimate of drug-likeness (QED) is 0.692. The maximum Gasteiger partial charge on any atom is 0.352 e. The average molecular weight is 317 g/mol. The lowest BCUT2D eigenvalue weighted by molar-refractivity contribution is -0.132. The first kappa shape index (κ1) is 14.5. The number of carbonyl (C=O) groups is 1. The maximum atomic E-state index is 11.4. The fraction of sp³-hybridized carbons (Fsp3) is 0.188. The Balaban J connectivity index is 2.04. The van der Waals surface area contributed by atoms with Gasteiger partial charge in [0.15, 0.2) is 0 Å². The van der Waals surface area contributed by atoms with Crippen LogP contribution in [0.2, 0.25) is 5.02 Å². The molecule has 1 N–H and O–H groups in total. The zero-order valence-electron chi connectivity index (χ0n) is 11.8. The van der Waals surface area contributed by atoms with Gasteiger partial charge in [0.25, 0.3) is 0 Å². The number of benzene rings is 1. The molecule has 22 heavy (non-hydrogen) atoms. The van der Waals surface area contributed by atoms with Crippen molar-refractivity contribution in [2.45, 2.75) is 12.8 Å². The molecule has 1 fully saturated rings. The topological polar surface area (TPSA) is 75.7 Å². The minimum Gasteiger partial charge on any atom is -0.463 e. The van der Waals surface area contributed by atoms with Gasteiger partial charge in [-0.25, -0.2) is 9.79 Å². The molecule has 1 aliphatic rings. The number of nitrogens with zero attached hydrogens (tertiary/aromatic N) is 1. The zero-order chi connectivity index (χ0) is 15.7. The summed E-state index contributed by atoms with van der Waals surface area (Å²) in [6.45, 7) is 1.97. The van der Waals surface area contributed by atoms with Gasteiger partial charge < -0.3 is 9.15 Å². The van der Waals surface area contributed by atoms with Crippen molar-refractivity contribution >= 4 is 34.7 Å². The molecule has 1 saturated heterocycles. The highest BCUT2D eigenvalue weighted by molar-refractivity contribution is 6.39. The molecule has 1 atom stereocenters. The zero-order valence-corrected chi connectivity index (χ0v) is 12.6. The highest BCUT2D eigenvalue weighted by Crippen LogP contribution is 2.34. The van der Waals surface area contributed by atoms with Crippen LogP contribution in [0, 0.1) is 5.41 Å². The second-order valence-corrected chi connectivity index (χ2v) is 5.38. The number of aliphatic imine (C=N–C) groups is 1. The van der Waals surface area contributed by atoms with Crippen LogP contribution in [-0.4, -0.2) is 24.0 Å². The van der Waals surface area contributed by atoms with Gasteiger partial charge in [-0.15, -0.1) is 0 Å². The van der Waals surface area contributed by atoms with Crippen molar-refractivity contribution in [1.82, 2.24) is 0 Å². The van der Waals surface area contributed by atoms with E-state index in [1.807, 2.05) is 13.0 Å². The fourth-order valence-electron chi connectivity index (χ4n) is 2.33. The molecular weight excluding hydrogens is 304 g/mol. The smallest absolute Gasteiger partial charge is 0.352 e. The molecule has 0 amide bonds. The van der Waals surface area contributed by atoms with E-state index in [4.69, 9.17) is 26.2 Å². The Morgan fingerprint density at radius 1 is 1.41 bits per heavy atom. The fourth-order valence-corrected chi connectivity index (χ4v) is 2.51. The van der Waals surface area contributed by atoms with E-state index in [-0.39, 0.29) is 12.3 Å². The molecule has 1 aromatic heterocycles. The van der Waals surface area contributed by atoms with Crippen LogP contribution in [0.1, 0.15) is 24.2 Å². The predicted molar refractivity (Wildman–Crippen MR) is 83.5 cm³/mol. The Hall–Kier alpha value is -2.40. The molecule has 1 aromatic carbocycles. The Morgan fingerprint density at radius 3 is 2.86 bits per heavy atom. The summed E-state index contributed by atoms with van der Waals surface area (Å²) >= 11 is 6.05. The largest absolute Gasteiger partial charge is 0.463 e. The minimum absolute atomic E-state index is 0.0747. The van der Waals surface area contributed by atoms with E-state index in [0.717, 1.165) is 0 Å². The highest BCUT2D eigenvalue weighted by atomic mass is 35.5. The van der Waals surface area contributed by atoms with Gasteiger partial charge in [0.05, 0.1) is 23.6 Å². The van der Waals surface area contributed by atoms with Gasteiger partial charge in [-0.2, -0.15) is 0 Å². The van der Waals surface area contributed by atoms with Crippen LogP contribution in [0.4, 0.5) is 5.69 Å². The van der Waals surface area contributed by atoms with Crippen LogP contribution >= 0.6 is 11.6 Å². The molecule has 0 bridgehead atoms. The van der Waals surface area contributed by atoms with E-state index in [1.165, 1.54) is 0 Å². The first-order chi connectivity index (χ1) is 10.6. The van der Waals surface area contributed by atoms with E-state index < -0.39 is 11.9 Å². The van der Waals surface area contributed by atoms with E-state index in [0.29, 0.717) is 27.7 Å². The van der Waals surface area contributed by atoms with Crippen LogP contribution in [0.25, 0.3) is 0 Å². The molecule has 112 valence electrons. The number of carbonyl (C=O) groups excluding carboxylic acids is 1. The number of rotatable bonds is 3. The van der Waals surface area contributed by atoms with E-state index >= 15 is 0 Å². The summed E-state index contributed by atoms with van der Waals surface area (Å²) in [7, 11) is 0. The molecule has 3 rings (SSSR count). The third kappa shape index (κ3) is 2.67. The van der Waals surface area contributed by atoms with Crippen molar-refractivity contribution in [2.75, 3.05) is 6.61 Å². The second-order valence-electron chi connectivity index (χ2n) is 4.94. The minimum atomic E-state index is -0.595. The summed E-state index contributed by atoms with van der Waals surface area (Å²) in [5.41, 5.74) is 1.97. The second kappa shape index (κ2) is 5.77. The molecule has 6 heteroatoms. The summed E-state index contributed by atoms with van der Waals surface area (Å²) in [5, 5.41) is 8.38. The maximum absolute atomic E-state index is 11.4. The number of hydrogen-bond donors (Lipinski definition) is 1. The van der Waals surface area contributed by atoms with Crippen LogP contribution in [0.3, 0.4) is 0 Å². The summed E-state index contributed by atoms with van der Waals surface area (Å²) in [6.07, 6.45) is 1.58. The van der Waals surface area contributed by atoms with Crippen molar-refractivity contribution in [2.24, 2.45) is 4.99 Å². The molecule has 0 spiro atoms. The Morgan fingerprint density at radius 2 is 2.23 bits per heavy atom. The molecule has 2 aromatic rings. The lowest BCUT2D eigenvalue weighted by Gasteiger charge is -2.11. The third-order valence-corrected chi connectivity index (χ3v) is 3.72. The van der Waals surface area contributed by atoms with Crippen molar-refractivity contribution in [3.8, 4) is 0 Å². The SMILES string of the molecule is CC(=Nc1ccc(Cl)cc1C1COC(=O)C1=N)c1ccco1. The van der Waals surface area contributed by atoms with Gasteiger partial charge in [-0.05, 0) is 42.8 Å². The van der Waals surface area contributed by atoms with Crippen molar-refractivity contribution in [1.29, 1.82) is 5.41 Å². The summed E-state index contributed by atoms with van der Waals surface area (Å²) < 4.78 is 10.2. The lowest BCUT2D eigenvalue weighted by atomic mass is 9.95. The molecule has 1 unspecified atom stereocenters. The third-order valence-electron chi connectivity index (χ3n) is 3.48. The monoisotopic (exact) mass is 316 g/mol. The van der Waals surface area contributed by atoms with Gasteiger partial charge in [0.2, 0.25) is 0 Å². The van der Waals surface area contributed by atoms with Crippen molar-refractivity contribution < 1.29 is 13.9 Å². The van der Waals surface area contributed by atoms with Crippen LogP contribution in [-0.2, 0) is 9.53 Å². The van der Waals surface area contributed by atoms with E-state index in [1.54, 1.807) is 30.5 Å². The number of cyclic esters (lactones) is 1. The molecular formula is C16H13ClN2O3. The Labute approximate surface area is 132 Å². The normalized spacial score (nSPS) is 18.6. The molecule has 0 radical (unpaired) electrons. The number of nitrogens with one attached hydrogen (secondary N) is 1.